The third-order valence-electron chi connectivity index (χ3n) is 6.00. The molecule has 0 saturated heterocycles. The lowest BCUT2D eigenvalue weighted by atomic mass is 10.0. The molecule has 0 radical (unpaired) electrons. The maximum absolute atomic E-state index is 13.1. The van der Waals surface area contributed by atoms with Crippen molar-refractivity contribution in [3.05, 3.63) is 0 Å². The summed E-state index contributed by atoms with van der Waals surface area (Å²) in [5, 5.41) is 41.3. The zero-order valence-electron chi connectivity index (χ0n) is 24.7. The summed E-state index contributed by atoms with van der Waals surface area (Å²) >= 11 is 0. The average molecular weight is 633 g/mol. The zero-order chi connectivity index (χ0) is 33.8. The molecule has 0 saturated carbocycles. The third kappa shape index (κ3) is 16.3. The van der Waals surface area contributed by atoms with Gasteiger partial charge in [-0.25, -0.2) is 4.79 Å². The fraction of sp³-hybridized carbons (Fsp3) is 0.680. The third-order valence-corrected chi connectivity index (χ3v) is 6.00. The zero-order valence-corrected chi connectivity index (χ0v) is 24.7. The van der Waals surface area contributed by atoms with Crippen molar-refractivity contribution in [3.63, 3.8) is 0 Å². The molecule has 0 aromatic heterocycles. The van der Waals surface area contributed by atoms with Crippen LogP contribution in [0.4, 0.5) is 0 Å². The number of carboxylic acids is 2. The molecule has 44 heavy (non-hydrogen) atoms. The number of aliphatic carboxylic acids is 2. The number of aliphatic hydroxyl groups excluding tert-OH is 1. The van der Waals surface area contributed by atoms with Gasteiger partial charge in [0.25, 0.3) is 0 Å². The van der Waals surface area contributed by atoms with Crippen LogP contribution in [0.1, 0.15) is 46.0 Å². The lowest BCUT2D eigenvalue weighted by Gasteiger charge is -2.25. The first-order chi connectivity index (χ1) is 20.7. The fourth-order valence-electron chi connectivity index (χ4n) is 3.56. The van der Waals surface area contributed by atoms with Crippen LogP contribution in [0.25, 0.3) is 0 Å². The number of carbonyl (C=O) groups is 8. The average Bonchev–Trinajstić information content (AvgIpc) is 2.96. The second-order valence-electron chi connectivity index (χ2n) is 9.97. The van der Waals surface area contributed by atoms with E-state index in [0.29, 0.717) is 19.4 Å². The summed E-state index contributed by atoms with van der Waals surface area (Å²) in [6, 6.07) is -5.28. The predicted octanol–water partition coefficient (Wildman–Crippen LogP) is -5.16. The van der Waals surface area contributed by atoms with Crippen LogP contribution in [0, 0.1) is 5.92 Å². The Hall–Kier alpha value is -4.36. The van der Waals surface area contributed by atoms with Crippen LogP contribution >= 0.6 is 0 Å². The Balaban J connectivity index is 5.35. The summed E-state index contributed by atoms with van der Waals surface area (Å²) in [6.45, 7) is 0.932. The van der Waals surface area contributed by atoms with Gasteiger partial charge in [-0.2, -0.15) is 0 Å². The van der Waals surface area contributed by atoms with Gasteiger partial charge in [-0.1, -0.05) is 13.8 Å². The van der Waals surface area contributed by atoms with Crippen molar-refractivity contribution in [2.75, 3.05) is 32.8 Å². The van der Waals surface area contributed by atoms with Gasteiger partial charge in [0.1, 0.15) is 24.2 Å². The molecule has 19 heteroatoms. The summed E-state index contributed by atoms with van der Waals surface area (Å²) in [4.78, 5) is 96.5. The van der Waals surface area contributed by atoms with Gasteiger partial charge in [0.15, 0.2) is 0 Å². The minimum Gasteiger partial charge on any atom is -0.481 e. The van der Waals surface area contributed by atoms with Crippen molar-refractivity contribution in [1.29, 1.82) is 0 Å². The first-order valence-electron chi connectivity index (χ1n) is 13.9. The number of rotatable bonds is 22. The molecule has 4 atom stereocenters. The smallest absolute Gasteiger partial charge is 0.326 e. The molecule has 0 aliphatic heterocycles. The number of amides is 6. The van der Waals surface area contributed by atoms with Crippen molar-refractivity contribution in [2.24, 2.45) is 17.4 Å². The van der Waals surface area contributed by atoms with Gasteiger partial charge in [0, 0.05) is 6.42 Å². The second-order valence-corrected chi connectivity index (χ2v) is 9.97. The Labute approximate surface area is 253 Å². The van der Waals surface area contributed by atoms with E-state index in [4.69, 9.17) is 16.6 Å². The lowest BCUT2D eigenvalue weighted by Crippen LogP contribution is -2.57. The van der Waals surface area contributed by atoms with Crippen LogP contribution in [0.2, 0.25) is 0 Å². The molecule has 0 aliphatic rings. The Morgan fingerprint density at radius 3 is 1.75 bits per heavy atom. The number of nitrogens with two attached hydrogens (primary N) is 2. The van der Waals surface area contributed by atoms with Gasteiger partial charge in [-0.15, -0.1) is 0 Å². The topological polar surface area (TPSA) is 321 Å². The van der Waals surface area contributed by atoms with E-state index in [9.17, 15) is 48.6 Å². The molecule has 13 N–H and O–H groups in total. The normalized spacial score (nSPS) is 13.4. The summed E-state index contributed by atoms with van der Waals surface area (Å²) in [6.07, 6.45) is 0.0421. The highest BCUT2D eigenvalue weighted by atomic mass is 16.4. The second kappa shape index (κ2) is 21.3. The number of aliphatic hydroxyl groups is 1. The van der Waals surface area contributed by atoms with Crippen LogP contribution in [0.15, 0.2) is 0 Å². The molecule has 19 nitrogen and oxygen atoms in total. The molecule has 6 amide bonds. The van der Waals surface area contributed by atoms with E-state index in [1.165, 1.54) is 0 Å². The number of hydrogen-bond acceptors (Lipinski definition) is 11. The van der Waals surface area contributed by atoms with E-state index in [2.05, 4.69) is 31.9 Å². The van der Waals surface area contributed by atoms with E-state index < -0.39 is 110 Å². The molecule has 0 spiro atoms. The quantitative estimate of drug-likeness (QED) is 0.0498. The van der Waals surface area contributed by atoms with Crippen LogP contribution in [0.5, 0.6) is 0 Å². The van der Waals surface area contributed by atoms with E-state index in [1.54, 1.807) is 13.8 Å². The molecule has 0 fully saturated rings. The van der Waals surface area contributed by atoms with E-state index in [-0.39, 0.29) is 12.8 Å². The molecule has 0 aromatic rings. The molecular weight excluding hydrogens is 588 g/mol. The molecule has 0 unspecified atom stereocenters. The van der Waals surface area contributed by atoms with Crippen molar-refractivity contribution in [2.45, 2.75) is 70.1 Å². The van der Waals surface area contributed by atoms with Gasteiger partial charge in [-0.3, -0.25) is 33.6 Å². The van der Waals surface area contributed by atoms with Gasteiger partial charge in [-0.05, 0) is 38.1 Å². The minimum atomic E-state index is -1.45. The van der Waals surface area contributed by atoms with Crippen LogP contribution in [-0.4, -0.2) is 120 Å². The number of hydrogen-bond donors (Lipinski definition) is 11. The number of nitrogens with one attached hydrogen (secondary N) is 6. The van der Waals surface area contributed by atoms with Crippen molar-refractivity contribution >= 4 is 47.4 Å². The summed E-state index contributed by atoms with van der Waals surface area (Å²) in [5.41, 5.74) is 10.6. The first kappa shape index (κ1) is 39.6. The molecule has 0 aliphatic carbocycles. The summed E-state index contributed by atoms with van der Waals surface area (Å²) < 4.78 is 0. The SMILES string of the molecule is CC(C)[C@H](NC(=O)[C@H](CCCCN)NC(=O)[C@H](CCC(=O)O)NC(=O)CNC(=O)CNC(=O)[C@H](CO)NC(=O)CN)C(=O)O. The van der Waals surface area contributed by atoms with Crippen molar-refractivity contribution < 1.29 is 53.7 Å². The van der Waals surface area contributed by atoms with Gasteiger partial charge >= 0.3 is 11.9 Å². The highest BCUT2D eigenvalue weighted by Crippen LogP contribution is 2.07. The number of carbonyl (C=O) groups excluding carboxylic acids is 6. The predicted molar refractivity (Wildman–Crippen MR) is 152 cm³/mol. The molecule has 0 heterocycles. The summed E-state index contributed by atoms with van der Waals surface area (Å²) in [7, 11) is 0. The van der Waals surface area contributed by atoms with Gasteiger partial charge in [0.2, 0.25) is 35.4 Å². The molecule has 0 bridgehead atoms. The van der Waals surface area contributed by atoms with Crippen LogP contribution in [0.3, 0.4) is 0 Å². The van der Waals surface area contributed by atoms with E-state index in [1.807, 2.05) is 0 Å². The van der Waals surface area contributed by atoms with Gasteiger partial charge < -0.3 is 58.7 Å². The number of carboxylic acid groups (broad SMARTS) is 2. The standard InChI is InChI=1S/C25H44N8O11/c1-13(2)21(25(43)44)33-24(42)14(5-3-4-8-26)32-23(41)15(6-7-20(38)39)30-19(37)11-28-18(36)10-29-22(40)16(12-34)31-17(35)9-27/h13-16,21,34H,3-12,26-27H2,1-2H3,(H,28,36)(H,29,40)(H,30,37)(H,31,35)(H,32,41)(H,33,42)(H,38,39)(H,43,44)/t14-,15-,16-,21-/m0/s1. The Morgan fingerprint density at radius 1 is 0.659 bits per heavy atom. The highest BCUT2D eigenvalue weighted by Gasteiger charge is 2.31. The summed E-state index contributed by atoms with van der Waals surface area (Å²) in [5.74, 6) is -8.11. The maximum atomic E-state index is 13.1. The molecule has 0 aromatic carbocycles. The largest absolute Gasteiger partial charge is 0.481 e. The van der Waals surface area contributed by atoms with Crippen LogP contribution in [-0.2, 0) is 38.4 Å². The van der Waals surface area contributed by atoms with Gasteiger partial charge in [0.05, 0.1) is 26.2 Å². The Kier molecular flexibility index (Phi) is 19.2. The fourth-order valence-corrected chi connectivity index (χ4v) is 3.56. The molecule has 250 valence electrons. The number of unbranched alkanes of at least 4 members (excludes halogenated alkanes) is 1. The van der Waals surface area contributed by atoms with E-state index in [0.717, 1.165) is 0 Å². The minimum absolute atomic E-state index is 0.0770. The van der Waals surface area contributed by atoms with Crippen molar-refractivity contribution in [1.82, 2.24) is 31.9 Å². The Morgan fingerprint density at radius 2 is 1.23 bits per heavy atom. The van der Waals surface area contributed by atoms with E-state index >= 15 is 0 Å². The van der Waals surface area contributed by atoms with Crippen molar-refractivity contribution in [3.8, 4) is 0 Å². The van der Waals surface area contributed by atoms with Crippen LogP contribution < -0.4 is 43.4 Å². The first-order valence-corrected chi connectivity index (χ1v) is 13.9. The lowest BCUT2D eigenvalue weighted by molar-refractivity contribution is -0.143. The maximum Gasteiger partial charge on any atom is 0.326 e. The molecule has 0 rings (SSSR count). The molecular formula is C25H44N8O11. The Bertz CT molecular complexity index is 1020. The highest BCUT2D eigenvalue weighted by molar-refractivity contribution is 5.95. The monoisotopic (exact) mass is 632 g/mol.